The average molecular weight is 268 g/mol. The van der Waals surface area contributed by atoms with Crippen LogP contribution in [-0.2, 0) is 9.47 Å². The summed E-state index contributed by atoms with van der Waals surface area (Å²) in [4.78, 5) is 0. The lowest BCUT2D eigenvalue weighted by Crippen LogP contribution is -2.45. The number of ether oxygens (including phenoxy) is 2. The van der Waals surface area contributed by atoms with Gasteiger partial charge in [-0.25, -0.2) is 0 Å². The van der Waals surface area contributed by atoms with E-state index in [0.29, 0.717) is 0 Å². The highest BCUT2D eigenvalue weighted by atomic mass is 16.7. The second-order valence-electron chi connectivity index (χ2n) is 6.97. The van der Waals surface area contributed by atoms with E-state index in [4.69, 9.17) is 9.47 Å². The Morgan fingerprint density at radius 2 is 1.63 bits per heavy atom. The van der Waals surface area contributed by atoms with Gasteiger partial charge in [0.05, 0.1) is 13.2 Å². The second kappa shape index (κ2) is 7.08. The topological polar surface area (TPSA) is 18.5 Å². The molecule has 1 saturated carbocycles. The molecule has 2 rings (SSSR count). The van der Waals surface area contributed by atoms with E-state index in [0.717, 1.165) is 31.5 Å². The third kappa shape index (κ3) is 3.95. The van der Waals surface area contributed by atoms with E-state index < -0.39 is 0 Å². The summed E-state index contributed by atoms with van der Waals surface area (Å²) in [6.07, 6.45) is 10.5. The van der Waals surface area contributed by atoms with Crippen molar-refractivity contribution in [2.24, 2.45) is 17.3 Å². The molecule has 1 heterocycles. The maximum atomic E-state index is 5.98. The van der Waals surface area contributed by atoms with E-state index in [1.807, 2.05) is 0 Å². The van der Waals surface area contributed by atoms with Crippen molar-refractivity contribution in [3.63, 3.8) is 0 Å². The van der Waals surface area contributed by atoms with Crippen LogP contribution in [0.2, 0.25) is 0 Å². The standard InChI is InChI=1S/C17H32O2/c1-4-6-7-16-18-12-17(3,13-19-16)15-10-8-14(5-2)9-11-15/h14-16H,4-13H2,1-3H3/t14?,15?,16-,17+. The maximum Gasteiger partial charge on any atom is 0.157 e. The van der Waals surface area contributed by atoms with Crippen LogP contribution in [0.5, 0.6) is 0 Å². The minimum Gasteiger partial charge on any atom is -0.352 e. The minimum absolute atomic E-state index is 0.0694. The van der Waals surface area contributed by atoms with Crippen molar-refractivity contribution < 1.29 is 9.47 Å². The molecule has 0 bridgehead atoms. The van der Waals surface area contributed by atoms with Crippen molar-refractivity contribution in [1.29, 1.82) is 0 Å². The van der Waals surface area contributed by atoms with Gasteiger partial charge in [0.15, 0.2) is 6.29 Å². The predicted octanol–water partition coefficient (Wildman–Crippen LogP) is 4.77. The molecule has 2 nitrogen and oxygen atoms in total. The van der Waals surface area contributed by atoms with Crippen LogP contribution < -0.4 is 0 Å². The molecule has 112 valence electrons. The monoisotopic (exact) mass is 268 g/mol. The van der Waals surface area contributed by atoms with Crippen LogP contribution in [0.4, 0.5) is 0 Å². The van der Waals surface area contributed by atoms with Crippen LogP contribution in [0, 0.1) is 17.3 Å². The second-order valence-corrected chi connectivity index (χ2v) is 6.97. The molecule has 0 aromatic carbocycles. The molecular weight excluding hydrogens is 236 g/mol. The number of unbranched alkanes of at least 4 members (excludes halogenated alkanes) is 1. The molecule has 0 N–H and O–H groups in total. The van der Waals surface area contributed by atoms with Gasteiger partial charge in [0.1, 0.15) is 0 Å². The first-order valence-electron chi connectivity index (χ1n) is 8.41. The largest absolute Gasteiger partial charge is 0.352 e. The highest BCUT2D eigenvalue weighted by molar-refractivity contribution is 4.88. The summed E-state index contributed by atoms with van der Waals surface area (Å²) in [6.45, 7) is 8.74. The van der Waals surface area contributed by atoms with Crippen molar-refractivity contribution in [3.05, 3.63) is 0 Å². The van der Waals surface area contributed by atoms with E-state index in [2.05, 4.69) is 20.8 Å². The maximum absolute atomic E-state index is 5.98. The van der Waals surface area contributed by atoms with E-state index in [1.165, 1.54) is 44.9 Å². The lowest BCUT2D eigenvalue weighted by Gasteiger charge is -2.45. The highest BCUT2D eigenvalue weighted by Crippen LogP contribution is 2.43. The smallest absolute Gasteiger partial charge is 0.157 e. The van der Waals surface area contributed by atoms with E-state index in [-0.39, 0.29) is 11.7 Å². The van der Waals surface area contributed by atoms with Gasteiger partial charge in [-0.2, -0.15) is 0 Å². The zero-order valence-electron chi connectivity index (χ0n) is 13.1. The minimum atomic E-state index is 0.0694. The lowest BCUT2D eigenvalue weighted by atomic mass is 9.68. The number of rotatable bonds is 5. The molecular formula is C17H32O2. The molecule has 0 spiro atoms. The molecule has 2 fully saturated rings. The fourth-order valence-corrected chi connectivity index (χ4v) is 3.70. The molecule has 0 aromatic rings. The third-order valence-corrected chi connectivity index (χ3v) is 5.40. The Labute approximate surface area is 119 Å². The highest BCUT2D eigenvalue weighted by Gasteiger charge is 2.40. The lowest BCUT2D eigenvalue weighted by molar-refractivity contribution is -0.241. The van der Waals surface area contributed by atoms with Gasteiger partial charge in [0.2, 0.25) is 0 Å². The molecule has 2 heteroatoms. The SMILES string of the molecule is CCCC[C@H]1OC[C@@](C)(C2CCC(CC)CC2)CO1. The first-order chi connectivity index (χ1) is 9.18. The molecule has 0 aromatic heterocycles. The van der Waals surface area contributed by atoms with Gasteiger partial charge < -0.3 is 9.47 Å². The van der Waals surface area contributed by atoms with Gasteiger partial charge in [-0.1, -0.05) is 46.5 Å². The Morgan fingerprint density at radius 3 is 2.16 bits per heavy atom. The van der Waals surface area contributed by atoms with Crippen LogP contribution in [0.3, 0.4) is 0 Å². The zero-order chi connectivity index (χ0) is 13.7. The summed E-state index contributed by atoms with van der Waals surface area (Å²) in [5, 5.41) is 0. The summed E-state index contributed by atoms with van der Waals surface area (Å²) in [7, 11) is 0. The van der Waals surface area contributed by atoms with E-state index >= 15 is 0 Å². The summed E-state index contributed by atoms with van der Waals surface area (Å²) in [6, 6.07) is 0. The Bertz CT molecular complexity index is 248. The molecule has 2 aliphatic rings. The van der Waals surface area contributed by atoms with Crippen LogP contribution >= 0.6 is 0 Å². The normalized spacial score (nSPS) is 40.3. The molecule has 0 unspecified atom stereocenters. The van der Waals surface area contributed by atoms with E-state index in [1.54, 1.807) is 0 Å². The van der Waals surface area contributed by atoms with Gasteiger partial charge in [0, 0.05) is 5.41 Å². The molecule has 19 heavy (non-hydrogen) atoms. The fourth-order valence-electron chi connectivity index (χ4n) is 3.70. The summed E-state index contributed by atoms with van der Waals surface area (Å²) < 4.78 is 12.0. The summed E-state index contributed by atoms with van der Waals surface area (Å²) in [5.41, 5.74) is 0.265. The Morgan fingerprint density at radius 1 is 1.00 bits per heavy atom. The predicted molar refractivity (Wildman–Crippen MR) is 79.1 cm³/mol. The summed E-state index contributed by atoms with van der Waals surface area (Å²) >= 11 is 0. The van der Waals surface area contributed by atoms with Gasteiger partial charge in [-0.3, -0.25) is 0 Å². The Kier molecular flexibility index (Phi) is 5.70. The van der Waals surface area contributed by atoms with Gasteiger partial charge in [-0.05, 0) is 37.5 Å². The van der Waals surface area contributed by atoms with Crippen molar-refractivity contribution in [2.45, 2.75) is 78.4 Å². The average Bonchev–Trinajstić information content (AvgIpc) is 2.47. The molecule has 1 saturated heterocycles. The molecule has 0 atom stereocenters. The zero-order valence-corrected chi connectivity index (χ0v) is 13.1. The van der Waals surface area contributed by atoms with Crippen molar-refractivity contribution >= 4 is 0 Å². The van der Waals surface area contributed by atoms with Crippen molar-refractivity contribution in [2.75, 3.05) is 13.2 Å². The molecule has 0 amide bonds. The van der Waals surface area contributed by atoms with Crippen LogP contribution in [-0.4, -0.2) is 19.5 Å². The summed E-state index contributed by atoms with van der Waals surface area (Å²) in [5.74, 6) is 1.78. The van der Waals surface area contributed by atoms with Crippen LogP contribution in [0.25, 0.3) is 0 Å². The van der Waals surface area contributed by atoms with Gasteiger partial charge in [-0.15, -0.1) is 0 Å². The first-order valence-corrected chi connectivity index (χ1v) is 8.41. The fraction of sp³-hybridized carbons (Fsp3) is 1.00. The Hall–Kier alpha value is -0.0800. The number of hydrogen-bond acceptors (Lipinski definition) is 2. The Balaban J connectivity index is 1.78. The van der Waals surface area contributed by atoms with Crippen molar-refractivity contribution in [1.82, 2.24) is 0 Å². The number of hydrogen-bond donors (Lipinski definition) is 0. The van der Waals surface area contributed by atoms with E-state index in [9.17, 15) is 0 Å². The van der Waals surface area contributed by atoms with Crippen LogP contribution in [0.15, 0.2) is 0 Å². The quantitative estimate of drug-likeness (QED) is 0.715. The molecule has 1 aliphatic heterocycles. The van der Waals surface area contributed by atoms with Gasteiger partial charge >= 0.3 is 0 Å². The third-order valence-electron chi connectivity index (χ3n) is 5.40. The van der Waals surface area contributed by atoms with Crippen molar-refractivity contribution in [3.8, 4) is 0 Å². The first kappa shape index (κ1) is 15.3. The van der Waals surface area contributed by atoms with Crippen LogP contribution in [0.1, 0.15) is 72.1 Å². The molecule has 0 radical (unpaired) electrons. The molecule has 1 aliphatic carbocycles. The van der Waals surface area contributed by atoms with Gasteiger partial charge in [0.25, 0.3) is 0 Å².